The summed E-state index contributed by atoms with van der Waals surface area (Å²) in [5, 5.41) is 8.64. The largest absolute Gasteiger partial charge is 0.481 e. The van der Waals surface area contributed by atoms with Crippen molar-refractivity contribution in [1.82, 2.24) is 0 Å². The molecule has 0 aromatic rings. The van der Waals surface area contributed by atoms with Crippen LogP contribution >= 0.6 is 0 Å². The first-order valence-corrected chi connectivity index (χ1v) is 8.51. The molecule has 1 rings (SSSR count). The molecule has 0 amide bonds. The van der Waals surface area contributed by atoms with Gasteiger partial charge in [0.25, 0.3) is 0 Å². The molecule has 1 aliphatic heterocycles. The Labute approximate surface area is 147 Å². The average Bonchev–Trinajstić information content (AvgIpc) is 2.51. The van der Waals surface area contributed by atoms with Gasteiger partial charge in [0.1, 0.15) is 6.61 Å². The van der Waals surface area contributed by atoms with E-state index in [1.165, 1.54) is 13.8 Å². The van der Waals surface area contributed by atoms with Gasteiger partial charge < -0.3 is 24.1 Å². The van der Waals surface area contributed by atoms with E-state index >= 15 is 0 Å². The highest BCUT2D eigenvalue weighted by molar-refractivity contribution is 5.66. The van der Waals surface area contributed by atoms with Gasteiger partial charge in [0.15, 0.2) is 12.4 Å². The number of carboxylic acid groups (broad SMARTS) is 1. The minimum Gasteiger partial charge on any atom is -0.481 e. The van der Waals surface area contributed by atoms with Crippen molar-refractivity contribution in [2.75, 3.05) is 13.2 Å². The number of unbranched alkanes of at least 4 members (excludes halogenated alkanes) is 1. The zero-order valence-electron chi connectivity index (χ0n) is 15.2. The summed E-state index contributed by atoms with van der Waals surface area (Å²) in [6, 6.07) is 0. The number of rotatable bonds is 9. The SMILES string of the molecule is CC(=O)OCC1O[C@H](OCCCCC(=O)O)C(OC(C)=O)[C@@H](C)[C@@H]1C. The van der Waals surface area contributed by atoms with Crippen molar-refractivity contribution in [3.63, 3.8) is 0 Å². The molecule has 1 fully saturated rings. The quantitative estimate of drug-likeness (QED) is 0.489. The standard InChI is InChI=1S/C17H28O8/c1-10-11(2)16(24-13(4)19)17(22-8-6-5-7-15(20)21)25-14(10)9-23-12(3)18/h10-11,14,16-17H,5-9H2,1-4H3,(H,20,21)/t10-,11-,14?,16?,17-/m0/s1. The summed E-state index contributed by atoms with van der Waals surface area (Å²) in [6.07, 6.45) is -0.596. The molecule has 0 saturated carbocycles. The number of hydrogen-bond donors (Lipinski definition) is 1. The van der Waals surface area contributed by atoms with Crippen molar-refractivity contribution in [3.8, 4) is 0 Å². The third kappa shape index (κ3) is 7.39. The highest BCUT2D eigenvalue weighted by atomic mass is 16.7. The van der Waals surface area contributed by atoms with Gasteiger partial charge in [0.2, 0.25) is 0 Å². The summed E-state index contributed by atoms with van der Waals surface area (Å²) in [5.41, 5.74) is 0. The number of ether oxygens (including phenoxy) is 4. The highest BCUT2D eigenvalue weighted by Gasteiger charge is 2.44. The highest BCUT2D eigenvalue weighted by Crippen LogP contribution is 2.33. The average molecular weight is 360 g/mol. The first-order valence-electron chi connectivity index (χ1n) is 8.51. The first-order chi connectivity index (χ1) is 11.7. The lowest BCUT2D eigenvalue weighted by atomic mass is 9.83. The number of esters is 2. The molecule has 1 aliphatic rings. The summed E-state index contributed by atoms with van der Waals surface area (Å²) in [5.74, 6) is -1.73. The fraction of sp³-hybridized carbons (Fsp3) is 0.824. The van der Waals surface area contributed by atoms with Crippen LogP contribution in [0.5, 0.6) is 0 Å². The molecule has 8 heteroatoms. The lowest BCUT2D eigenvalue weighted by molar-refractivity contribution is -0.280. The Balaban J connectivity index is 2.66. The Bertz CT molecular complexity index is 462. The fourth-order valence-corrected chi connectivity index (χ4v) is 2.72. The Morgan fingerprint density at radius 3 is 2.28 bits per heavy atom. The maximum atomic E-state index is 11.4. The van der Waals surface area contributed by atoms with E-state index in [9.17, 15) is 14.4 Å². The van der Waals surface area contributed by atoms with Crippen LogP contribution in [0.25, 0.3) is 0 Å². The second kappa shape index (κ2) is 10.4. The van der Waals surface area contributed by atoms with E-state index in [-0.39, 0.29) is 37.6 Å². The predicted molar refractivity (Wildman–Crippen MR) is 86.6 cm³/mol. The Morgan fingerprint density at radius 1 is 1.04 bits per heavy atom. The second-order valence-electron chi connectivity index (χ2n) is 6.36. The van der Waals surface area contributed by atoms with Crippen LogP contribution in [0.4, 0.5) is 0 Å². The number of aliphatic carboxylic acids is 1. The van der Waals surface area contributed by atoms with E-state index in [0.717, 1.165) is 0 Å². The van der Waals surface area contributed by atoms with Crippen LogP contribution in [0.3, 0.4) is 0 Å². The molecule has 144 valence electrons. The van der Waals surface area contributed by atoms with Crippen LogP contribution < -0.4 is 0 Å². The lowest BCUT2D eigenvalue weighted by Crippen LogP contribution is -2.53. The molecule has 0 aliphatic carbocycles. The molecular formula is C17H28O8. The van der Waals surface area contributed by atoms with Gasteiger partial charge in [-0.25, -0.2) is 0 Å². The molecule has 25 heavy (non-hydrogen) atoms. The molecule has 0 spiro atoms. The van der Waals surface area contributed by atoms with Crippen molar-refractivity contribution in [2.45, 2.75) is 65.5 Å². The molecule has 0 bridgehead atoms. The zero-order chi connectivity index (χ0) is 19.0. The summed E-state index contributed by atoms with van der Waals surface area (Å²) >= 11 is 0. The number of carbonyl (C=O) groups is 3. The van der Waals surface area contributed by atoms with Gasteiger partial charge in [-0.05, 0) is 18.8 Å². The van der Waals surface area contributed by atoms with Gasteiger partial charge >= 0.3 is 17.9 Å². The topological polar surface area (TPSA) is 108 Å². The van der Waals surface area contributed by atoms with E-state index < -0.39 is 30.3 Å². The third-order valence-electron chi connectivity index (χ3n) is 4.33. The Kier molecular flexibility index (Phi) is 8.85. The number of hydrogen-bond acceptors (Lipinski definition) is 7. The Morgan fingerprint density at radius 2 is 1.72 bits per heavy atom. The molecule has 0 aromatic carbocycles. The first kappa shape index (κ1) is 21.4. The van der Waals surface area contributed by atoms with Crippen molar-refractivity contribution in [2.24, 2.45) is 11.8 Å². The van der Waals surface area contributed by atoms with Crippen LogP contribution in [-0.2, 0) is 33.3 Å². The number of carbonyl (C=O) groups excluding carboxylic acids is 2. The van der Waals surface area contributed by atoms with E-state index in [2.05, 4.69) is 0 Å². The molecule has 1 N–H and O–H groups in total. The molecule has 1 saturated heterocycles. The molecule has 5 atom stereocenters. The minimum absolute atomic E-state index is 0.00411. The van der Waals surface area contributed by atoms with Crippen molar-refractivity contribution >= 4 is 17.9 Å². The molecule has 2 unspecified atom stereocenters. The summed E-state index contributed by atoms with van der Waals surface area (Å²) in [7, 11) is 0. The zero-order valence-corrected chi connectivity index (χ0v) is 15.2. The van der Waals surface area contributed by atoms with Gasteiger partial charge in [-0.15, -0.1) is 0 Å². The van der Waals surface area contributed by atoms with Gasteiger partial charge in [-0.2, -0.15) is 0 Å². The molecule has 0 aromatic heterocycles. The maximum absolute atomic E-state index is 11.4. The van der Waals surface area contributed by atoms with Gasteiger partial charge in [0, 0.05) is 32.8 Å². The van der Waals surface area contributed by atoms with E-state index in [0.29, 0.717) is 12.8 Å². The second-order valence-corrected chi connectivity index (χ2v) is 6.36. The van der Waals surface area contributed by atoms with E-state index in [1.54, 1.807) is 0 Å². The Hall–Kier alpha value is -1.67. The van der Waals surface area contributed by atoms with Gasteiger partial charge in [-0.1, -0.05) is 13.8 Å². The van der Waals surface area contributed by atoms with E-state index in [4.69, 9.17) is 24.1 Å². The van der Waals surface area contributed by atoms with E-state index in [1.807, 2.05) is 13.8 Å². The van der Waals surface area contributed by atoms with Gasteiger partial charge in [0.05, 0.1) is 6.10 Å². The van der Waals surface area contributed by atoms with Gasteiger partial charge in [-0.3, -0.25) is 14.4 Å². The predicted octanol–water partition coefficient (Wildman–Crippen LogP) is 1.75. The summed E-state index contributed by atoms with van der Waals surface area (Å²) in [6.45, 7) is 6.92. The normalized spacial score (nSPS) is 29.0. The minimum atomic E-state index is -0.851. The molecule has 0 radical (unpaired) electrons. The van der Waals surface area contributed by atoms with Crippen molar-refractivity contribution < 1.29 is 38.4 Å². The maximum Gasteiger partial charge on any atom is 0.303 e. The van der Waals surface area contributed by atoms with Crippen LogP contribution in [-0.4, -0.2) is 54.7 Å². The lowest BCUT2D eigenvalue weighted by Gasteiger charge is -2.43. The smallest absolute Gasteiger partial charge is 0.303 e. The monoisotopic (exact) mass is 360 g/mol. The van der Waals surface area contributed by atoms with Crippen LogP contribution in [0.1, 0.15) is 47.0 Å². The van der Waals surface area contributed by atoms with Crippen molar-refractivity contribution in [3.05, 3.63) is 0 Å². The van der Waals surface area contributed by atoms with Crippen LogP contribution in [0, 0.1) is 11.8 Å². The van der Waals surface area contributed by atoms with Crippen LogP contribution in [0.2, 0.25) is 0 Å². The molecular weight excluding hydrogens is 332 g/mol. The van der Waals surface area contributed by atoms with Crippen LogP contribution in [0.15, 0.2) is 0 Å². The molecule has 1 heterocycles. The third-order valence-corrected chi connectivity index (χ3v) is 4.33. The fourth-order valence-electron chi connectivity index (χ4n) is 2.72. The summed E-state index contributed by atoms with van der Waals surface area (Å²) < 4.78 is 22.0. The molecule has 8 nitrogen and oxygen atoms in total. The number of carboxylic acids is 1. The van der Waals surface area contributed by atoms with Crippen molar-refractivity contribution in [1.29, 1.82) is 0 Å². The summed E-state index contributed by atoms with van der Waals surface area (Å²) in [4.78, 5) is 33.0.